The maximum atomic E-state index is 12.5. The van der Waals surface area contributed by atoms with Gasteiger partial charge >= 0.3 is 0 Å². The van der Waals surface area contributed by atoms with Gasteiger partial charge in [-0.05, 0) is 39.0 Å². The van der Waals surface area contributed by atoms with Crippen molar-refractivity contribution in [1.82, 2.24) is 15.5 Å². The molecule has 0 saturated heterocycles. The van der Waals surface area contributed by atoms with Crippen LogP contribution in [0.25, 0.3) is 0 Å². The molecule has 2 heterocycles. The summed E-state index contributed by atoms with van der Waals surface area (Å²) in [4.78, 5) is 12.5. The molecule has 1 amide bonds. The molecule has 1 aliphatic heterocycles. The lowest BCUT2D eigenvalue weighted by atomic mass is 10.1. The average molecular weight is 342 g/mol. The van der Waals surface area contributed by atoms with E-state index in [1.807, 2.05) is 31.8 Å². The molecule has 7 heteroatoms. The van der Waals surface area contributed by atoms with Crippen LogP contribution < -0.4 is 10.1 Å². The van der Waals surface area contributed by atoms with Crippen molar-refractivity contribution in [2.45, 2.75) is 33.4 Å². The van der Waals surface area contributed by atoms with E-state index < -0.39 is 0 Å². The summed E-state index contributed by atoms with van der Waals surface area (Å²) < 4.78 is 10.4. The molecular formula is C18H22N4O3. The van der Waals surface area contributed by atoms with Crippen LogP contribution in [-0.4, -0.2) is 41.5 Å². The Morgan fingerprint density at radius 2 is 2.20 bits per heavy atom. The van der Waals surface area contributed by atoms with Crippen molar-refractivity contribution in [1.29, 1.82) is 0 Å². The monoisotopic (exact) mass is 342 g/mol. The zero-order valence-corrected chi connectivity index (χ0v) is 14.9. The van der Waals surface area contributed by atoms with Crippen molar-refractivity contribution in [3.8, 4) is 5.75 Å². The van der Waals surface area contributed by atoms with Crippen LogP contribution >= 0.6 is 0 Å². The first-order valence-corrected chi connectivity index (χ1v) is 8.14. The number of hydrazone groups is 1. The normalized spacial score (nSPS) is 16.7. The highest BCUT2D eigenvalue weighted by atomic mass is 16.5. The van der Waals surface area contributed by atoms with Gasteiger partial charge in [-0.3, -0.25) is 9.80 Å². The Morgan fingerprint density at radius 3 is 2.88 bits per heavy atom. The lowest BCUT2D eigenvalue weighted by molar-refractivity contribution is 0.0942. The number of carbonyl (C=O) groups is 1. The number of methoxy groups -OCH3 is 1. The molecule has 1 aliphatic rings. The second-order valence-corrected chi connectivity index (χ2v) is 6.15. The van der Waals surface area contributed by atoms with E-state index >= 15 is 0 Å². The number of rotatable bonds is 5. The molecule has 0 bridgehead atoms. The molecule has 0 radical (unpaired) electrons. The van der Waals surface area contributed by atoms with E-state index in [4.69, 9.17) is 9.26 Å². The molecular weight excluding hydrogens is 320 g/mol. The lowest BCUT2D eigenvalue weighted by Gasteiger charge is -2.17. The van der Waals surface area contributed by atoms with Gasteiger partial charge in [-0.25, -0.2) is 0 Å². The Bertz CT molecular complexity index is 793. The maximum Gasteiger partial charge on any atom is 0.252 e. The van der Waals surface area contributed by atoms with Gasteiger partial charge < -0.3 is 14.6 Å². The van der Waals surface area contributed by atoms with Gasteiger partial charge in [0.1, 0.15) is 11.5 Å². The highest BCUT2D eigenvalue weighted by Gasteiger charge is 2.26. The van der Waals surface area contributed by atoms with Gasteiger partial charge in [0.15, 0.2) is 0 Å². The third-order valence-electron chi connectivity index (χ3n) is 4.36. The lowest BCUT2D eigenvalue weighted by Crippen LogP contribution is -2.41. The van der Waals surface area contributed by atoms with Gasteiger partial charge in [-0.2, -0.15) is 5.10 Å². The molecule has 0 saturated carbocycles. The summed E-state index contributed by atoms with van der Waals surface area (Å²) in [6.45, 7) is 6.96. The fourth-order valence-corrected chi connectivity index (χ4v) is 2.84. The summed E-state index contributed by atoms with van der Waals surface area (Å²) in [5, 5.41) is 13.5. The van der Waals surface area contributed by atoms with Crippen molar-refractivity contribution in [3.63, 3.8) is 0 Å². The Balaban J connectivity index is 1.64. The smallest absolute Gasteiger partial charge is 0.252 e. The van der Waals surface area contributed by atoms with E-state index in [9.17, 15) is 4.79 Å². The van der Waals surface area contributed by atoms with Crippen molar-refractivity contribution in [3.05, 3.63) is 46.8 Å². The van der Waals surface area contributed by atoms with Crippen LogP contribution in [0.1, 0.15) is 34.3 Å². The quantitative estimate of drug-likeness (QED) is 0.902. The van der Waals surface area contributed by atoms with Crippen LogP contribution in [0.3, 0.4) is 0 Å². The first kappa shape index (κ1) is 17.0. The third kappa shape index (κ3) is 3.65. The molecule has 7 nitrogen and oxygen atoms in total. The predicted molar refractivity (Wildman–Crippen MR) is 93.7 cm³/mol. The molecule has 0 aliphatic carbocycles. The molecule has 1 aromatic carbocycles. The number of hydrogen-bond donors (Lipinski definition) is 1. The highest BCUT2D eigenvalue weighted by molar-refractivity contribution is 5.99. The van der Waals surface area contributed by atoms with Crippen LogP contribution in [0.2, 0.25) is 0 Å². The van der Waals surface area contributed by atoms with E-state index in [-0.39, 0.29) is 11.9 Å². The number of ether oxygens (including phenoxy) is 1. The topological polar surface area (TPSA) is 80.0 Å². The second-order valence-electron chi connectivity index (χ2n) is 6.15. The third-order valence-corrected chi connectivity index (χ3v) is 4.36. The number of nitrogens with zero attached hydrogens (tertiary/aromatic N) is 3. The number of aryl methyl sites for hydroxylation is 2. The van der Waals surface area contributed by atoms with E-state index in [0.717, 1.165) is 22.7 Å². The predicted octanol–water partition coefficient (Wildman–Crippen LogP) is 2.29. The molecule has 3 rings (SSSR count). The van der Waals surface area contributed by atoms with Crippen molar-refractivity contribution >= 4 is 11.6 Å². The van der Waals surface area contributed by atoms with Gasteiger partial charge in [0.25, 0.3) is 5.91 Å². The molecule has 0 fully saturated rings. The molecule has 1 atom stereocenters. The Hall–Kier alpha value is -2.83. The fraction of sp³-hybridized carbons (Fsp3) is 0.389. The zero-order chi connectivity index (χ0) is 18.0. The minimum absolute atomic E-state index is 0.126. The highest BCUT2D eigenvalue weighted by Crippen LogP contribution is 2.19. The van der Waals surface area contributed by atoms with E-state index in [0.29, 0.717) is 24.4 Å². The minimum Gasteiger partial charge on any atom is -0.497 e. The number of hydrogen-bond acceptors (Lipinski definition) is 6. The van der Waals surface area contributed by atoms with Crippen LogP contribution in [0, 0.1) is 13.8 Å². The minimum atomic E-state index is -0.141. The van der Waals surface area contributed by atoms with Crippen LogP contribution in [-0.2, 0) is 6.54 Å². The summed E-state index contributed by atoms with van der Waals surface area (Å²) >= 11 is 0. The first-order chi connectivity index (χ1) is 12.0. The number of nitrogens with one attached hydrogen (secondary N) is 1. The van der Waals surface area contributed by atoms with Crippen LogP contribution in [0.4, 0.5) is 0 Å². The summed E-state index contributed by atoms with van der Waals surface area (Å²) in [5.74, 6) is 1.32. The zero-order valence-electron chi connectivity index (χ0n) is 14.9. The number of amides is 1. The largest absolute Gasteiger partial charge is 0.497 e. The molecule has 2 aromatic rings. The van der Waals surface area contributed by atoms with Crippen LogP contribution in [0.5, 0.6) is 5.75 Å². The van der Waals surface area contributed by atoms with Gasteiger partial charge in [0.05, 0.1) is 37.6 Å². The van der Waals surface area contributed by atoms with Crippen molar-refractivity contribution in [2.75, 3.05) is 13.7 Å². The fourth-order valence-electron chi connectivity index (χ4n) is 2.84. The van der Waals surface area contributed by atoms with Crippen molar-refractivity contribution < 1.29 is 14.1 Å². The molecule has 1 N–H and O–H groups in total. The number of aromatic nitrogens is 1. The SMILES string of the molecule is COc1cccc(C(=O)NC2CN(Cc3c(C)noc3C)N=C2C)c1. The molecule has 132 valence electrons. The maximum absolute atomic E-state index is 12.5. The van der Waals surface area contributed by atoms with Gasteiger partial charge in [0, 0.05) is 11.1 Å². The van der Waals surface area contributed by atoms with Gasteiger partial charge in [-0.1, -0.05) is 11.2 Å². The molecule has 1 unspecified atom stereocenters. The molecule has 0 spiro atoms. The second kappa shape index (κ2) is 6.96. The Kier molecular flexibility index (Phi) is 4.74. The van der Waals surface area contributed by atoms with Gasteiger partial charge in [-0.15, -0.1) is 0 Å². The average Bonchev–Trinajstić information content (AvgIpc) is 3.11. The Labute approximate surface area is 146 Å². The summed E-state index contributed by atoms with van der Waals surface area (Å²) in [7, 11) is 1.58. The summed E-state index contributed by atoms with van der Waals surface area (Å²) in [6.07, 6.45) is 0. The summed E-state index contributed by atoms with van der Waals surface area (Å²) in [5.41, 5.74) is 3.35. The van der Waals surface area contributed by atoms with Crippen LogP contribution in [0.15, 0.2) is 33.9 Å². The molecule has 25 heavy (non-hydrogen) atoms. The standard InChI is InChI=1S/C18H22N4O3/c1-11-16(13(3)25-21-11)9-22-10-17(12(2)20-22)19-18(23)14-6-5-7-15(8-14)24-4/h5-8,17H,9-10H2,1-4H3,(H,19,23). The number of carbonyl (C=O) groups excluding carboxylic acids is 1. The number of benzene rings is 1. The Morgan fingerprint density at radius 1 is 1.40 bits per heavy atom. The van der Waals surface area contributed by atoms with E-state index in [1.54, 1.807) is 25.3 Å². The van der Waals surface area contributed by atoms with Gasteiger partial charge in [0.2, 0.25) is 0 Å². The van der Waals surface area contributed by atoms with E-state index in [2.05, 4.69) is 15.6 Å². The molecule has 1 aromatic heterocycles. The van der Waals surface area contributed by atoms with Crippen molar-refractivity contribution in [2.24, 2.45) is 5.10 Å². The first-order valence-electron chi connectivity index (χ1n) is 8.14. The van der Waals surface area contributed by atoms with E-state index in [1.165, 1.54) is 0 Å². The summed E-state index contributed by atoms with van der Waals surface area (Å²) in [6, 6.07) is 6.97.